The maximum absolute atomic E-state index is 12.8. The van der Waals surface area contributed by atoms with Crippen molar-refractivity contribution < 1.29 is 13.2 Å². The van der Waals surface area contributed by atoms with Crippen LogP contribution in [0.3, 0.4) is 0 Å². The van der Waals surface area contributed by atoms with Crippen LogP contribution in [0.5, 0.6) is 0 Å². The van der Waals surface area contributed by atoms with Gasteiger partial charge in [-0.2, -0.15) is 0 Å². The molecular formula is C28H30N2O3S. The number of sulfonamides is 1. The van der Waals surface area contributed by atoms with Crippen molar-refractivity contribution in [1.82, 2.24) is 5.32 Å². The molecule has 1 aliphatic rings. The molecular weight excluding hydrogens is 444 g/mol. The summed E-state index contributed by atoms with van der Waals surface area (Å²) < 4.78 is 28.2. The van der Waals surface area contributed by atoms with Gasteiger partial charge >= 0.3 is 0 Å². The topological polar surface area (TPSA) is 75.3 Å². The van der Waals surface area contributed by atoms with Gasteiger partial charge in [0, 0.05) is 17.8 Å². The van der Waals surface area contributed by atoms with Gasteiger partial charge in [-0.05, 0) is 86.6 Å². The number of benzene rings is 3. The molecule has 3 aromatic rings. The number of amides is 1. The first kappa shape index (κ1) is 23.8. The van der Waals surface area contributed by atoms with E-state index in [4.69, 9.17) is 0 Å². The molecule has 5 nitrogen and oxygen atoms in total. The zero-order valence-electron chi connectivity index (χ0n) is 19.4. The Bertz CT molecular complexity index is 1280. The van der Waals surface area contributed by atoms with Gasteiger partial charge in [-0.15, -0.1) is 0 Å². The molecule has 1 aliphatic carbocycles. The van der Waals surface area contributed by atoms with E-state index in [-0.39, 0.29) is 10.8 Å². The van der Waals surface area contributed by atoms with Crippen LogP contribution < -0.4 is 10.0 Å². The van der Waals surface area contributed by atoms with Crippen LogP contribution >= 0.6 is 0 Å². The number of carbonyl (C=O) groups excluding carboxylic acids is 1. The zero-order valence-corrected chi connectivity index (χ0v) is 20.2. The number of hydrogen-bond acceptors (Lipinski definition) is 3. The molecule has 0 bridgehead atoms. The van der Waals surface area contributed by atoms with Crippen molar-refractivity contribution in [3.8, 4) is 11.1 Å². The number of anilines is 1. The molecule has 0 fully saturated rings. The molecule has 0 aliphatic heterocycles. The third-order valence-electron chi connectivity index (χ3n) is 6.03. The van der Waals surface area contributed by atoms with Crippen molar-refractivity contribution in [1.29, 1.82) is 0 Å². The summed E-state index contributed by atoms with van der Waals surface area (Å²) in [5.74, 6) is -0.155. The van der Waals surface area contributed by atoms with Crippen molar-refractivity contribution in [3.05, 3.63) is 95.6 Å². The maximum Gasteiger partial charge on any atom is 0.261 e. The maximum atomic E-state index is 12.8. The molecule has 0 saturated heterocycles. The van der Waals surface area contributed by atoms with E-state index in [2.05, 4.69) is 22.2 Å². The van der Waals surface area contributed by atoms with E-state index in [1.807, 2.05) is 25.1 Å². The fourth-order valence-corrected chi connectivity index (χ4v) is 5.18. The van der Waals surface area contributed by atoms with E-state index in [0.717, 1.165) is 36.0 Å². The molecule has 6 heteroatoms. The van der Waals surface area contributed by atoms with Gasteiger partial charge in [-0.3, -0.25) is 9.52 Å². The first-order valence-electron chi connectivity index (χ1n) is 11.7. The van der Waals surface area contributed by atoms with Gasteiger partial charge in [0.15, 0.2) is 0 Å². The lowest BCUT2D eigenvalue weighted by atomic mass is 9.97. The van der Waals surface area contributed by atoms with Crippen molar-refractivity contribution in [2.24, 2.45) is 0 Å². The van der Waals surface area contributed by atoms with Crippen LogP contribution in [0.25, 0.3) is 11.1 Å². The summed E-state index contributed by atoms with van der Waals surface area (Å²) in [6.45, 7) is 2.63. The van der Waals surface area contributed by atoms with E-state index < -0.39 is 10.0 Å². The molecule has 1 amide bonds. The normalized spacial score (nSPS) is 13.7. The smallest absolute Gasteiger partial charge is 0.261 e. The highest BCUT2D eigenvalue weighted by molar-refractivity contribution is 7.92. The molecule has 0 aromatic heterocycles. The highest BCUT2D eigenvalue weighted by Gasteiger charge is 2.15. The van der Waals surface area contributed by atoms with Gasteiger partial charge < -0.3 is 5.32 Å². The molecule has 0 unspecified atom stereocenters. The highest BCUT2D eigenvalue weighted by atomic mass is 32.2. The van der Waals surface area contributed by atoms with Crippen molar-refractivity contribution in [2.75, 3.05) is 11.3 Å². The summed E-state index contributed by atoms with van der Waals surface area (Å²) >= 11 is 0. The molecule has 3 aromatic carbocycles. The van der Waals surface area contributed by atoms with Crippen LogP contribution in [-0.4, -0.2) is 20.9 Å². The zero-order chi connectivity index (χ0) is 24.0. The fourth-order valence-electron chi connectivity index (χ4n) is 4.13. The lowest BCUT2D eigenvalue weighted by Crippen LogP contribution is -2.24. The summed E-state index contributed by atoms with van der Waals surface area (Å²) in [6.07, 6.45) is 7.91. The summed E-state index contributed by atoms with van der Waals surface area (Å²) in [7, 11) is -3.74. The van der Waals surface area contributed by atoms with E-state index in [1.54, 1.807) is 48.5 Å². The predicted molar refractivity (Wildman–Crippen MR) is 137 cm³/mol. The SMILES string of the molecule is Cc1cccc(-c2ccc(S(=O)(=O)Nc3ccc(C(=O)NCCC4=CCCCC4)cc3)cc2)c1. The molecule has 0 atom stereocenters. The molecule has 0 heterocycles. The largest absolute Gasteiger partial charge is 0.352 e. The number of rotatable bonds is 8. The van der Waals surface area contributed by atoms with Gasteiger partial charge in [-0.25, -0.2) is 8.42 Å². The van der Waals surface area contributed by atoms with Crippen molar-refractivity contribution in [3.63, 3.8) is 0 Å². The quantitative estimate of drug-likeness (QED) is 0.388. The molecule has 176 valence electrons. The second kappa shape index (κ2) is 10.7. The van der Waals surface area contributed by atoms with Gasteiger partial charge in [0.2, 0.25) is 0 Å². The number of carbonyl (C=O) groups is 1. The summed E-state index contributed by atoms with van der Waals surface area (Å²) in [4.78, 5) is 12.6. The Balaban J connectivity index is 1.35. The Morgan fingerprint density at radius 2 is 1.68 bits per heavy atom. The average molecular weight is 475 g/mol. The predicted octanol–water partition coefficient (Wildman–Crippen LogP) is 6.08. The van der Waals surface area contributed by atoms with Crippen LogP contribution in [0.2, 0.25) is 0 Å². The van der Waals surface area contributed by atoms with Crippen LogP contribution in [0, 0.1) is 6.92 Å². The molecule has 4 rings (SSSR count). The number of aryl methyl sites for hydroxylation is 1. The Morgan fingerprint density at radius 3 is 2.35 bits per heavy atom. The Hall–Kier alpha value is -3.38. The van der Waals surface area contributed by atoms with Crippen LogP contribution in [-0.2, 0) is 10.0 Å². The van der Waals surface area contributed by atoms with E-state index in [1.165, 1.54) is 18.4 Å². The summed E-state index contributed by atoms with van der Waals surface area (Å²) in [6, 6.07) is 21.4. The first-order valence-corrected chi connectivity index (χ1v) is 13.2. The lowest BCUT2D eigenvalue weighted by Gasteiger charge is -2.13. The Labute approximate surface area is 202 Å². The number of allylic oxidation sites excluding steroid dienone is 1. The molecule has 0 saturated carbocycles. The lowest BCUT2D eigenvalue weighted by molar-refractivity contribution is 0.0954. The fraction of sp³-hybridized carbons (Fsp3) is 0.250. The van der Waals surface area contributed by atoms with Gasteiger partial charge in [-0.1, -0.05) is 53.6 Å². The average Bonchev–Trinajstić information content (AvgIpc) is 2.85. The Kier molecular flexibility index (Phi) is 7.48. The highest BCUT2D eigenvalue weighted by Crippen LogP contribution is 2.24. The third-order valence-corrected chi connectivity index (χ3v) is 7.43. The Morgan fingerprint density at radius 1 is 0.912 bits per heavy atom. The first-order chi connectivity index (χ1) is 16.4. The van der Waals surface area contributed by atoms with Gasteiger partial charge in [0.05, 0.1) is 4.90 Å². The molecule has 2 N–H and O–H groups in total. The monoisotopic (exact) mass is 474 g/mol. The summed E-state index contributed by atoms with van der Waals surface area (Å²) in [5, 5.41) is 2.94. The van der Waals surface area contributed by atoms with Crippen LogP contribution in [0.4, 0.5) is 5.69 Å². The second-order valence-electron chi connectivity index (χ2n) is 8.69. The minimum Gasteiger partial charge on any atom is -0.352 e. The molecule has 0 radical (unpaired) electrons. The minimum atomic E-state index is -3.74. The second-order valence-corrected chi connectivity index (χ2v) is 10.4. The van der Waals surface area contributed by atoms with Crippen molar-refractivity contribution >= 4 is 21.6 Å². The van der Waals surface area contributed by atoms with Crippen molar-refractivity contribution in [2.45, 2.75) is 43.9 Å². The summed E-state index contributed by atoms with van der Waals surface area (Å²) in [5.41, 5.74) is 5.48. The molecule has 34 heavy (non-hydrogen) atoms. The van der Waals surface area contributed by atoms with E-state index in [9.17, 15) is 13.2 Å². The van der Waals surface area contributed by atoms with E-state index >= 15 is 0 Å². The number of hydrogen-bond donors (Lipinski definition) is 2. The van der Waals surface area contributed by atoms with Gasteiger partial charge in [0.1, 0.15) is 0 Å². The van der Waals surface area contributed by atoms with Gasteiger partial charge in [0.25, 0.3) is 15.9 Å². The number of nitrogens with one attached hydrogen (secondary N) is 2. The van der Waals surface area contributed by atoms with Crippen LogP contribution in [0.15, 0.2) is 89.3 Å². The van der Waals surface area contributed by atoms with E-state index in [0.29, 0.717) is 17.8 Å². The minimum absolute atomic E-state index is 0.155. The van der Waals surface area contributed by atoms with Crippen LogP contribution in [0.1, 0.15) is 48.0 Å². The molecule has 0 spiro atoms. The third kappa shape index (κ3) is 6.14. The standard InChI is InChI=1S/C28H30N2O3S/c1-21-6-5-9-25(20-21)23-12-16-27(17-13-23)34(32,33)30-26-14-10-24(11-15-26)28(31)29-19-18-22-7-3-2-4-8-22/h5-7,9-17,20,30H,2-4,8,18-19H2,1H3,(H,29,31).